The average molecular weight is 283 g/mol. The number of anilines is 3. The molecule has 1 N–H and O–H groups in total. The Labute approximate surface area is 125 Å². The number of nitrogens with one attached hydrogen (secondary N) is 1. The van der Waals surface area contributed by atoms with Crippen LogP contribution in [0.5, 0.6) is 0 Å². The van der Waals surface area contributed by atoms with Crippen molar-refractivity contribution < 1.29 is 0 Å². The van der Waals surface area contributed by atoms with Crippen LogP contribution in [0, 0.1) is 0 Å². The minimum absolute atomic E-state index is 0.555. The summed E-state index contributed by atoms with van der Waals surface area (Å²) in [5, 5.41) is 11.4. The molecular formula is C16H21N5. The van der Waals surface area contributed by atoms with Gasteiger partial charge in [0.1, 0.15) is 0 Å². The Morgan fingerprint density at radius 2 is 2.10 bits per heavy atom. The highest BCUT2D eigenvalue weighted by molar-refractivity contribution is 5.54. The topological polar surface area (TPSA) is 53.9 Å². The maximum atomic E-state index is 4.63. The van der Waals surface area contributed by atoms with Gasteiger partial charge in [0.05, 0.1) is 6.20 Å². The van der Waals surface area contributed by atoms with Gasteiger partial charge in [0.15, 0.2) is 5.82 Å². The van der Waals surface area contributed by atoms with Crippen molar-refractivity contribution in [1.29, 1.82) is 0 Å². The van der Waals surface area contributed by atoms with Crippen molar-refractivity contribution in [2.45, 2.75) is 38.6 Å². The summed E-state index contributed by atoms with van der Waals surface area (Å²) in [7, 11) is 0. The van der Waals surface area contributed by atoms with Gasteiger partial charge in [-0.2, -0.15) is 10.1 Å². The number of nitrogens with zero attached hydrogens (tertiary/aromatic N) is 4. The number of hydrogen-bond acceptors (Lipinski definition) is 5. The first-order chi connectivity index (χ1) is 10.4. The van der Waals surface area contributed by atoms with Gasteiger partial charge >= 0.3 is 0 Å². The van der Waals surface area contributed by atoms with Crippen molar-refractivity contribution >= 4 is 17.5 Å². The molecule has 5 nitrogen and oxygen atoms in total. The standard InChI is InChI=1S/C16H21N5/c1-2-14-10-6-7-11-21(14)15-12-17-20-16(19-15)18-13-8-4-3-5-9-13/h3-5,8-9,12,14H,2,6-7,10-11H2,1H3,(H,18,19,20). The van der Waals surface area contributed by atoms with Crippen LogP contribution in [-0.2, 0) is 0 Å². The maximum absolute atomic E-state index is 4.63. The van der Waals surface area contributed by atoms with Crippen molar-refractivity contribution in [3.8, 4) is 0 Å². The maximum Gasteiger partial charge on any atom is 0.249 e. The molecule has 110 valence electrons. The Morgan fingerprint density at radius 1 is 1.24 bits per heavy atom. The van der Waals surface area contributed by atoms with E-state index in [1.54, 1.807) is 6.20 Å². The number of piperidine rings is 1. The number of aromatic nitrogens is 3. The Morgan fingerprint density at radius 3 is 2.90 bits per heavy atom. The van der Waals surface area contributed by atoms with Gasteiger partial charge in [0, 0.05) is 18.3 Å². The number of benzene rings is 1. The van der Waals surface area contributed by atoms with E-state index in [4.69, 9.17) is 0 Å². The van der Waals surface area contributed by atoms with E-state index >= 15 is 0 Å². The molecule has 0 aliphatic carbocycles. The number of hydrogen-bond donors (Lipinski definition) is 1. The average Bonchev–Trinajstić information content (AvgIpc) is 2.56. The molecule has 3 rings (SSSR count). The molecule has 1 unspecified atom stereocenters. The van der Waals surface area contributed by atoms with Gasteiger partial charge in [0.25, 0.3) is 0 Å². The molecule has 0 bridgehead atoms. The van der Waals surface area contributed by atoms with Crippen LogP contribution in [-0.4, -0.2) is 27.8 Å². The van der Waals surface area contributed by atoms with E-state index in [1.165, 1.54) is 19.3 Å². The van der Waals surface area contributed by atoms with Gasteiger partial charge in [-0.05, 0) is 37.8 Å². The van der Waals surface area contributed by atoms with Crippen LogP contribution < -0.4 is 10.2 Å². The van der Waals surface area contributed by atoms with Crippen LogP contribution in [0.4, 0.5) is 17.5 Å². The monoisotopic (exact) mass is 283 g/mol. The van der Waals surface area contributed by atoms with E-state index in [1.807, 2.05) is 30.3 Å². The van der Waals surface area contributed by atoms with Crippen LogP contribution >= 0.6 is 0 Å². The Kier molecular flexibility index (Phi) is 4.28. The van der Waals surface area contributed by atoms with Gasteiger partial charge in [-0.1, -0.05) is 25.1 Å². The molecule has 0 saturated carbocycles. The summed E-state index contributed by atoms with van der Waals surface area (Å²) in [4.78, 5) is 7.00. The molecule has 1 aliphatic heterocycles. The van der Waals surface area contributed by atoms with E-state index in [9.17, 15) is 0 Å². The van der Waals surface area contributed by atoms with Crippen molar-refractivity contribution in [3.63, 3.8) is 0 Å². The van der Waals surface area contributed by atoms with E-state index < -0.39 is 0 Å². The quantitative estimate of drug-likeness (QED) is 0.932. The molecule has 2 heterocycles. The zero-order valence-corrected chi connectivity index (χ0v) is 12.4. The summed E-state index contributed by atoms with van der Waals surface area (Å²) in [6.07, 6.45) is 6.68. The lowest BCUT2D eigenvalue weighted by Gasteiger charge is -2.35. The second kappa shape index (κ2) is 6.52. The first-order valence-electron chi connectivity index (χ1n) is 7.65. The first kappa shape index (κ1) is 13.8. The van der Waals surface area contributed by atoms with Crippen molar-refractivity contribution in [2.75, 3.05) is 16.8 Å². The third-order valence-corrected chi connectivity index (χ3v) is 3.97. The summed E-state index contributed by atoms with van der Waals surface area (Å²) in [6.45, 7) is 3.29. The number of para-hydroxylation sites is 1. The van der Waals surface area contributed by atoms with Crippen LogP contribution in [0.2, 0.25) is 0 Å². The highest BCUT2D eigenvalue weighted by Crippen LogP contribution is 2.25. The van der Waals surface area contributed by atoms with Crippen LogP contribution in [0.15, 0.2) is 36.5 Å². The molecule has 0 spiro atoms. The molecule has 5 heteroatoms. The third kappa shape index (κ3) is 3.29. The van der Waals surface area contributed by atoms with E-state index in [2.05, 4.69) is 32.3 Å². The molecule has 0 amide bonds. The lowest BCUT2D eigenvalue weighted by atomic mass is 10.0. The molecule has 1 atom stereocenters. The Balaban J connectivity index is 1.79. The molecule has 1 aliphatic rings. The predicted octanol–water partition coefficient (Wildman–Crippen LogP) is 3.38. The summed E-state index contributed by atoms with van der Waals surface area (Å²) in [5.74, 6) is 1.48. The summed E-state index contributed by atoms with van der Waals surface area (Å²) in [6, 6.07) is 10.5. The smallest absolute Gasteiger partial charge is 0.249 e. The Bertz CT molecular complexity index is 572. The second-order valence-corrected chi connectivity index (χ2v) is 5.38. The SMILES string of the molecule is CCC1CCCCN1c1cnnc(Nc2ccccc2)n1. The lowest BCUT2D eigenvalue weighted by molar-refractivity contribution is 0.446. The molecular weight excluding hydrogens is 262 g/mol. The first-order valence-corrected chi connectivity index (χ1v) is 7.65. The van der Waals surface area contributed by atoms with Gasteiger partial charge in [-0.25, -0.2) is 0 Å². The van der Waals surface area contributed by atoms with Crippen LogP contribution in [0.3, 0.4) is 0 Å². The van der Waals surface area contributed by atoms with Crippen LogP contribution in [0.25, 0.3) is 0 Å². The summed E-state index contributed by atoms with van der Waals surface area (Å²) < 4.78 is 0. The van der Waals surface area contributed by atoms with E-state index in [0.29, 0.717) is 12.0 Å². The van der Waals surface area contributed by atoms with E-state index in [0.717, 1.165) is 24.5 Å². The zero-order chi connectivity index (χ0) is 14.5. The highest BCUT2D eigenvalue weighted by atomic mass is 15.3. The van der Waals surface area contributed by atoms with Gasteiger partial charge in [0.2, 0.25) is 5.95 Å². The highest BCUT2D eigenvalue weighted by Gasteiger charge is 2.22. The second-order valence-electron chi connectivity index (χ2n) is 5.38. The molecule has 1 saturated heterocycles. The fraction of sp³-hybridized carbons (Fsp3) is 0.438. The van der Waals surface area contributed by atoms with Crippen LogP contribution in [0.1, 0.15) is 32.6 Å². The molecule has 1 aromatic heterocycles. The van der Waals surface area contributed by atoms with E-state index in [-0.39, 0.29) is 0 Å². The molecule has 2 aromatic rings. The fourth-order valence-electron chi connectivity index (χ4n) is 2.86. The van der Waals surface area contributed by atoms with Crippen molar-refractivity contribution in [1.82, 2.24) is 15.2 Å². The van der Waals surface area contributed by atoms with Crippen molar-refractivity contribution in [3.05, 3.63) is 36.5 Å². The van der Waals surface area contributed by atoms with Gasteiger partial charge in [-0.3, -0.25) is 0 Å². The molecule has 0 radical (unpaired) electrons. The minimum atomic E-state index is 0.555. The van der Waals surface area contributed by atoms with Gasteiger partial charge < -0.3 is 10.2 Å². The fourth-order valence-corrected chi connectivity index (χ4v) is 2.86. The molecule has 1 fully saturated rings. The summed E-state index contributed by atoms with van der Waals surface area (Å²) >= 11 is 0. The zero-order valence-electron chi connectivity index (χ0n) is 12.4. The third-order valence-electron chi connectivity index (χ3n) is 3.97. The van der Waals surface area contributed by atoms with Crippen molar-refractivity contribution in [2.24, 2.45) is 0 Å². The molecule has 21 heavy (non-hydrogen) atoms. The normalized spacial score (nSPS) is 18.5. The number of rotatable bonds is 4. The predicted molar refractivity (Wildman–Crippen MR) is 84.8 cm³/mol. The van der Waals surface area contributed by atoms with Gasteiger partial charge in [-0.15, -0.1) is 5.10 Å². The Hall–Kier alpha value is -2.17. The largest absolute Gasteiger partial charge is 0.352 e. The summed E-state index contributed by atoms with van der Waals surface area (Å²) in [5.41, 5.74) is 0.974. The molecule has 1 aromatic carbocycles. The minimum Gasteiger partial charge on any atom is -0.352 e. The lowest BCUT2D eigenvalue weighted by Crippen LogP contribution is -2.39.